The summed E-state index contributed by atoms with van der Waals surface area (Å²) >= 11 is 0. The van der Waals surface area contributed by atoms with E-state index in [1.54, 1.807) is 12.1 Å². The lowest BCUT2D eigenvalue weighted by Crippen LogP contribution is -1.93. The minimum atomic E-state index is -0.477. The van der Waals surface area contributed by atoms with Gasteiger partial charge in [0.1, 0.15) is 17.2 Å². The zero-order chi connectivity index (χ0) is 16.1. The molecule has 0 atom stereocenters. The first-order valence-electron chi connectivity index (χ1n) is 6.23. The van der Waals surface area contributed by atoms with E-state index in [0.717, 1.165) is 0 Å². The molecule has 0 saturated heterocycles. The van der Waals surface area contributed by atoms with Crippen molar-refractivity contribution in [2.75, 3.05) is 20.0 Å². The number of non-ortho nitro benzene ring substituents is 1. The molecular formula is C14H15ClN4O4. The van der Waals surface area contributed by atoms with Gasteiger partial charge in [0.15, 0.2) is 0 Å². The highest BCUT2D eigenvalue weighted by Crippen LogP contribution is 2.37. The molecule has 0 saturated carbocycles. The van der Waals surface area contributed by atoms with Crippen LogP contribution in [0.3, 0.4) is 0 Å². The summed E-state index contributed by atoms with van der Waals surface area (Å²) in [6.07, 6.45) is 0. The fourth-order valence-electron chi connectivity index (χ4n) is 1.74. The van der Waals surface area contributed by atoms with E-state index in [1.807, 2.05) is 0 Å². The van der Waals surface area contributed by atoms with E-state index in [-0.39, 0.29) is 18.1 Å². The summed E-state index contributed by atoms with van der Waals surface area (Å²) in [6.45, 7) is 0. The third kappa shape index (κ3) is 4.30. The van der Waals surface area contributed by atoms with Gasteiger partial charge in [-0.1, -0.05) is 0 Å². The molecule has 0 radical (unpaired) electrons. The van der Waals surface area contributed by atoms with Gasteiger partial charge in [-0.25, -0.2) is 0 Å². The summed E-state index contributed by atoms with van der Waals surface area (Å²) in [5, 5.41) is 18.7. The van der Waals surface area contributed by atoms with Gasteiger partial charge in [-0.3, -0.25) is 10.1 Å². The Morgan fingerprint density at radius 2 is 1.65 bits per heavy atom. The highest BCUT2D eigenvalue weighted by Gasteiger charge is 2.09. The summed E-state index contributed by atoms with van der Waals surface area (Å²) in [4.78, 5) is 10.1. The molecule has 2 aromatic carbocycles. The molecule has 0 spiro atoms. The molecule has 23 heavy (non-hydrogen) atoms. The highest BCUT2D eigenvalue weighted by atomic mass is 35.5. The number of rotatable bonds is 5. The van der Waals surface area contributed by atoms with Crippen LogP contribution in [0.5, 0.6) is 11.5 Å². The van der Waals surface area contributed by atoms with Gasteiger partial charge in [0, 0.05) is 24.3 Å². The summed E-state index contributed by atoms with van der Waals surface area (Å²) in [5.41, 5.74) is 7.12. The fourth-order valence-corrected chi connectivity index (χ4v) is 1.74. The number of nitrogen functional groups attached to an aromatic ring is 1. The number of nitro benzene ring substituents is 1. The number of halogens is 1. The molecule has 0 fully saturated rings. The maximum Gasteiger partial charge on any atom is 0.269 e. The number of methoxy groups -OCH3 is 2. The molecule has 0 amide bonds. The second-order valence-electron chi connectivity index (χ2n) is 4.24. The largest absolute Gasteiger partial charge is 0.495 e. The Hall–Kier alpha value is -2.87. The van der Waals surface area contributed by atoms with E-state index in [1.165, 1.54) is 38.5 Å². The molecule has 9 heteroatoms. The number of nitrogens with zero attached hydrogens (tertiary/aromatic N) is 3. The topological polar surface area (TPSA) is 112 Å². The Labute approximate surface area is 138 Å². The molecule has 0 unspecified atom stereocenters. The SMILES string of the molecule is COc1cc(N=Nc2ccc([N+](=O)[O-])cc2)c(OC)cc1N.Cl. The zero-order valence-electron chi connectivity index (χ0n) is 12.4. The highest BCUT2D eigenvalue weighted by molar-refractivity contribution is 5.85. The lowest BCUT2D eigenvalue weighted by Gasteiger charge is -2.09. The van der Waals surface area contributed by atoms with E-state index in [4.69, 9.17) is 15.2 Å². The quantitative estimate of drug-likeness (QED) is 0.382. The Balaban J connectivity index is 0.00000264. The molecule has 0 aliphatic carbocycles. The van der Waals surface area contributed by atoms with Crippen LogP contribution in [0, 0.1) is 10.1 Å². The molecular weight excluding hydrogens is 324 g/mol. The van der Waals surface area contributed by atoms with Gasteiger partial charge in [0.2, 0.25) is 0 Å². The Bertz CT molecular complexity index is 719. The number of azo groups is 1. The van der Waals surface area contributed by atoms with Gasteiger partial charge in [0.05, 0.1) is 30.5 Å². The average molecular weight is 339 g/mol. The number of benzene rings is 2. The lowest BCUT2D eigenvalue weighted by atomic mass is 10.2. The Morgan fingerprint density at radius 3 is 2.17 bits per heavy atom. The third-order valence-electron chi connectivity index (χ3n) is 2.86. The van der Waals surface area contributed by atoms with Gasteiger partial charge in [-0.05, 0) is 12.1 Å². The van der Waals surface area contributed by atoms with Crippen LogP contribution in [0.2, 0.25) is 0 Å². The molecule has 2 aromatic rings. The van der Waals surface area contributed by atoms with Gasteiger partial charge >= 0.3 is 0 Å². The molecule has 0 aromatic heterocycles. The third-order valence-corrected chi connectivity index (χ3v) is 2.86. The zero-order valence-corrected chi connectivity index (χ0v) is 13.2. The van der Waals surface area contributed by atoms with Gasteiger partial charge in [-0.15, -0.1) is 17.5 Å². The number of nitrogens with two attached hydrogens (primary N) is 1. The molecule has 0 aliphatic heterocycles. The van der Waals surface area contributed by atoms with Crippen LogP contribution in [-0.2, 0) is 0 Å². The molecule has 122 valence electrons. The summed E-state index contributed by atoms with van der Waals surface area (Å²) in [5.74, 6) is 0.905. The van der Waals surface area contributed by atoms with Crippen LogP contribution in [0.25, 0.3) is 0 Å². The van der Waals surface area contributed by atoms with E-state index in [0.29, 0.717) is 28.6 Å². The van der Waals surface area contributed by atoms with Crippen molar-refractivity contribution in [1.82, 2.24) is 0 Å². The maximum absolute atomic E-state index is 10.6. The van der Waals surface area contributed by atoms with Gasteiger partial charge in [0.25, 0.3) is 5.69 Å². The van der Waals surface area contributed by atoms with Crippen LogP contribution < -0.4 is 15.2 Å². The molecule has 0 heterocycles. The number of nitro groups is 1. The number of anilines is 1. The standard InChI is InChI=1S/C14H14N4O4.ClH/c1-21-13-8-12(14(22-2)7-11(13)15)17-16-9-3-5-10(6-4-9)18(19)20;/h3-8H,15H2,1-2H3;1H. The van der Waals surface area contributed by atoms with Crippen molar-refractivity contribution < 1.29 is 14.4 Å². The fraction of sp³-hybridized carbons (Fsp3) is 0.143. The van der Waals surface area contributed by atoms with Crippen LogP contribution in [0.4, 0.5) is 22.7 Å². The van der Waals surface area contributed by atoms with Crippen molar-refractivity contribution >= 4 is 35.2 Å². The Kier molecular flexibility index (Phi) is 6.28. The number of ether oxygens (including phenoxy) is 2. The first-order valence-corrected chi connectivity index (χ1v) is 6.23. The predicted molar refractivity (Wildman–Crippen MR) is 88.5 cm³/mol. The normalized spacial score (nSPS) is 10.2. The van der Waals surface area contributed by atoms with Crippen LogP contribution in [0.15, 0.2) is 46.6 Å². The van der Waals surface area contributed by atoms with Crippen LogP contribution >= 0.6 is 12.4 Å². The van der Waals surface area contributed by atoms with Crippen LogP contribution in [-0.4, -0.2) is 19.1 Å². The monoisotopic (exact) mass is 338 g/mol. The first-order chi connectivity index (χ1) is 10.5. The predicted octanol–water partition coefficient (Wildman–Crippen LogP) is 4.03. The van der Waals surface area contributed by atoms with Gasteiger partial charge < -0.3 is 15.2 Å². The molecule has 2 rings (SSSR count). The van der Waals surface area contributed by atoms with Gasteiger partial charge in [-0.2, -0.15) is 5.11 Å². The van der Waals surface area contributed by atoms with E-state index in [9.17, 15) is 10.1 Å². The number of hydrogen-bond acceptors (Lipinski definition) is 7. The van der Waals surface area contributed by atoms with Crippen molar-refractivity contribution in [1.29, 1.82) is 0 Å². The second kappa shape index (κ2) is 7.95. The number of hydrogen-bond donors (Lipinski definition) is 1. The van der Waals surface area contributed by atoms with Crippen molar-refractivity contribution in [3.63, 3.8) is 0 Å². The van der Waals surface area contributed by atoms with E-state index < -0.39 is 4.92 Å². The van der Waals surface area contributed by atoms with E-state index >= 15 is 0 Å². The summed E-state index contributed by atoms with van der Waals surface area (Å²) in [6, 6.07) is 8.90. The minimum absolute atomic E-state index is 0. The maximum atomic E-state index is 10.6. The average Bonchev–Trinajstić information content (AvgIpc) is 2.53. The van der Waals surface area contributed by atoms with Crippen molar-refractivity contribution in [2.24, 2.45) is 10.2 Å². The second-order valence-corrected chi connectivity index (χ2v) is 4.24. The lowest BCUT2D eigenvalue weighted by molar-refractivity contribution is -0.384. The smallest absolute Gasteiger partial charge is 0.269 e. The summed E-state index contributed by atoms with van der Waals surface area (Å²) in [7, 11) is 2.99. The van der Waals surface area contributed by atoms with Crippen LogP contribution in [0.1, 0.15) is 0 Å². The molecule has 0 aliphatic rings. The first kappa shape index (κ1) is 18.2. The molecule has 0 bridgehead atoms. The molecule has 2 N–H and O–H groups in total. The van der Waals surface area contributed by atoms with Crippen molar-refractivity contribution in [2.45, 2.75) is 0 Å². The van der Waals surface area contributed by atoms with Crippen molar-refractivity contribution in [3.05, 3.63) is 46.5 Å². The summed E-state index contributed by atoms with van der Waals surface area (Å²) < 4.78 is 10.3. The molecule has 8 nitrogen and oxygen atoms in total. The van der Waals surface area contributed by atoms with Crippen molar-refractivity contribution in [3.8, 4) is 11.5 Å². The Morgan fingerprint density at radius 1 is 1.04 bits per heavy atom. The minimum Gasteiger partial charge on any atom is -0.495 e. The van der Waals surface area contributed by atoms with E-state index in [2.05, 4.69) is 10.2 Å².